The van der Waals surface area contributed by atoms with Crippen LogP contribution in [0.25, 0.3) is 16.3 Å². The van der Waals surface area contributed by atoms with Crippen LogP contribution in [0.15, 0.2) is 75.6 Å². The number of benzene rings is 1. The van der Waals surface area contributed by atoms with E-state index in [1.165, 1.54) is 4.88 Å². The van der Waals surface area contributed by atoms with Crippen molar-refractivity contribution >= 4 is 45.6 Å². The zero-order valence-electron chi connectivity index (χ0n) is 16.8. The Morgan fingerprint density at radius 2 is 1.87 bits per heavy atom. The minimum atomic E-state index is -0.150. The summed E-state index contributed by atoms with van der Waals surface area (Å²) in [7, 11) is 0. The Labute approximate surface area is 194 Å². The Morgan fingerprint density at radius 3 is 2.61 bits per heavy atom. The molecule has 0 saturated carbocycles. The molecule has 0 amide bonds. The Morgan fingerprint density at radius 1 is 1.06 bits per heavy atom. The van der Waals surface area contributed by atoms with E-state index < -0.39 is 0 Å². The van der Waals surface area contributed by atoms with Crippen LogP contribution in [0, 0.1) is 0 Å². The highest BCUT2D eigenvalue weighted by atomic mass is 32.1. The Hall–Kier alpha value is -2.81. The summed E-state index contributed by atoms with van der Waals surface area (Å²) in [6.45, 7) is 2.87. The molecule has 5 nitrogen and oxygen atoms in total. The Balaban J connectivity index is 1.55. The van der Waals surface area contributed by atoms with Crippen LogP contribution in [-0.4, -0.2) is 26.7 Å². The molecule has 0 fully saturated rings. The van der Waals surface area contributed by atoms with Gasteiger partial charge in [0.15, 0.2) is 5.11 Å². The van der Waals surface area contributed by atoms with Crippen LogP contribution in [0.3, 0.4) is 0 Å². The van der Waals surface area contributed by atoms with Crippen LogP contribution < -0.4 is 5.32 Å². The molecule has 8 heteroatoms. The minimum Gasteiger partial charge on any atom is -0.351 e. The van der Waals surface area contributed by atoms with E-state index in [1.807, 2.05) is 35.7 Å². The summed E-state index contributed by atoms with van der Waals surface area (Å²) in [6.07, 6.45) is 0.921. The highest BCUT2D eigenvalue weighted by Crippen LogP contribution is 2.37. The smallest absolute Gasteiger partial charge is 0.258 e. The predicted molar refractivity (Wildman–Crippen MR) is 130 cm³/mol. The molecule has 5 rings (SSSR count). The van der Waals surface area contributed by atoms with Gasteiger partial charge in [-0.2, -0.15) is 4.98 Å². The fourth-order valence-electron chi connectivity index (χ4n) is 3.74. The van der Waals surface area contributed by atoms with E-state index >= 15 is 0 Å². The van der Waals surface area contributed by atoms with Gasteiger partial charge in [-0.3, -0.25) is 0 Å². The van der Waals surface area contributed by atoms with Gasteiger partial charge in [-0.05, 0) is 54.0 Å². The molecule has 0 radical (unpaired) electrons. The summed E-state index contributed by atoms with van der Waals surface area (Å²) in [5.74, 6) is 1.13. The number of allylic oxidation sites excluding steroid dienone is 1. The third kappa shape index (κ3) is 4.06. The second-order valence-electron chi connectivity index (χ2n) is 7.17. The monoisotopic (exact) mass is 464 g/mol. The maximum Gasteiger partial charge on any atom is 0.258 e. The summed E-state index contributed by atoms with van der Waals surface area (Å²) in [4.78, 5) is 9.19. The number of rotatable bonds is 6. The fraction of sp³-hybridized carbons (Fsp3) is 0.174. The van der Waals surface area contributed by atoms with E-state index in [0.717, 1.165) is 34.7 Å². The van der Waals surface area contributed by atoms with Crippen LogP contribution in [0.1, 0.15) is 29.3 Å². The molecule has 0 bridgehead atoms. The van der Waals surface area contributed by atoms with E-state index in [0.29, 0.717) is 16.8 Å². The van der Waals surface area contributed by atoms with Crippen molar-refractivity contribution in [3.8, 4) is 10.7 Å². The second kappa shape index (κ2) is 8.74. The van der Waals surface area contributed by atoms with Crippen molar-refractivity contribution in [1.82, 2.24) is 20.4 Å². The second-order valence-corrected chi connectivity index (χ2v) is 9.54. The van der Waals surface area contributed by atoms with Crippen LogP contribution in [0.5, 0.6) is 0 Å². The first-order valence-electron chi connectivity index (χ1n) is 9.95. The van der Waals surface area contributed by atoms with Gasteiger partial charge >= 0.3 is 0 Å². The maximum absolute atomic E-state index is 5.77. The number of thiophene rings is 2. The van der Waals surface area contributed by atoms with Crippen LogP contribution >= 0.6 is 34.9 Å². The van der Waals surface area contributed by atoms with Gasteiger partial charge < -0.3 is 14.7 Å². The number of thiocarbonyl (C=S) groups is 1. The van der Waals surface area contributed by atoms with Crippen LogP contribution in [0.2, 0.25) is 0 Å². The normalized spacial score (nSPS) is 16.6. The van der Waals surface area contributed by atoms with Crippen molar-refractivity contribution in [1.29, 1.82) is 0 Å². The quantitative estimate of drug-likeness (QED) is 0.366. The first kappa shape index (κ1) is 20.1. The number of aromatic nitrogens is 2. The summed E-state index contributed by atoms with van der Waals surface area (Å²) in [6, 6.07) is 18.3. The highest BCUT2D eigenvalue weighted by Gasteiger charge is 2.33. The lowest BCUT2D eigenvalue weighted by molar-refractivity contribution is 0.397. The third-order valence-electron chi connectivity index (χ3n) is 5.29. The SMILES string of the molecule is CC1=C(c2nc(-c3cccs3)no2)C(c2ccccc2)NC(=S)N1CCc1cccs1. The molecule has 1 aliphatic heterocycles. The Kier molecular flexibility index (Phi) is 5.67. The molecule has 0 saturated heterocycles. The van der Waals surface area contributed by atoms with Gasteiger partial charge in [0.25, 0.3) is 5.89 Å². The first-order valence-corrected chi connectivity index (χ1v) is 12.1. The molecule has 1 atom stereocenters. The average molecular weight is 465 g/mol. The van der Waals surface area contributed by atoms with Gasteiger partial charge in [-0.25, -0.2) is 0 Å². The molecule has 31 heavy (non-hydrogen) atoms. The summed E-state index contributed by atoms with van der Waals surface area (Å²) >= 11 is 9.13. The van der Waals surface area contributed by atoms with Gasteiger partial charge in [0, 0.05) is 17.1 Å². The standard InChI is InChI=1S/C23H20N4OS3/c1-15-19(22-25-21(26-28-22)18-10-6-14-31-18)20(16-7-3-2-4-8-16)24-23(29)27(15)12-11-17-9-5-13-30-17/h2-10,13-14,20H,11-12H2,1H3,(H,24,29). The Bertz CT molecular complexity index is 1200. The van der Waals surface area contributed by atoms with E-state index in [-0.39, 0.29) is 6.04 Å². The number of hydrogen-bond acceptors (Lipinski definition) is 6. The molecule has 4 aromatic rings. The molecule has 3 aromatic heterocycles. The molecule has 4 heterocycles. The molecule has 1 aromatic carbocycles. The molecule has 1 unspecified atom stereocenters. The lowest BCUT2D eigenvalue weighted by atomic mass is 9.95. The summed E-state index contributed by atoms with van der Waals surface area (Å²) < 4.78 is 5.76. The lowest BCUT2D eigenvalue weighted by Gasteiger charge is -2.37. The molecule has 156 valence electrons. The van der Waals surface area contributed by atoms with Gasteiger partial charge in [0.05, 0.1) is 16.5 Å². The largest absolute Gasteiger partial charge is 0.351 e. The summed E-state index contributed by atoms with van der Waals surface area (Å²) in [5, 5.41) is 12.6. The maximum atomic E-state index is 5.77. The van der Waals surface area contributed by atoms with Gasteiger partial charge in [-0.1, -0.05) is 47.6 Å². The minimum absolute atomic E-state index is 0.150. The molecular formula is C23H20N4OS3. The first-order chi connectivity index (χ1) is 15.2. The van der Waals surface area contributed by atoms with Crippen molar-refractivity contribution in [2.75, 3.05) is 6.54 Å². The van der Waals surface area contributed by atoms with E-state index in [2.05, 4.69) is 51.9 Å². The van der Waals surface area contributed by atoms with E-state index in [1.54, 1.807) is 22.7 Å². The number of nitrogens with one attached hydrogen (secondary N) is 1. The predicted octanol–water partition coefficient (Wildman–Crippen LogP) is 5.76. The van der Waals surface area contributed by atoms with Gasteiger partial charge in [0.1, 0.15) is 0 Å². The van der Waals surface area contributed by atoms with Crippen molar-refractivity contribution in [2.45, 2.75) is 19.4 Å². The highest BCUT2D eigenvalue weighted by molar-refractivity contribution is 7.80. The van der Waals surface area contributed by atoms with E-state index in [4.69, 9.17) is 21.7 Å². The molecular weight excluding hydrogens is 444 g/mol. The van der Waals surface area contributed by atoms with Crippen molar-refractivity contribution in [3.63, 3.8) is 0 Å². The van der Waals surface area contributed by atoms with Gasteiger partial charge in [0.2, 0.25) is 5.82 Å². The zero-order chi connectivity index (χ0) is 21.2. The fourth-order valence-corrected chi connectivity index (χ4v) is 5.43. The number of nitrogens with zero attached hydrogens (tertiary/aromatic N) is 3. The van der Waals surface area contributed by atoms with Crippen LogP contribution in [0.4, 0.5) is 0 Å². The molecule has 1 N–H and O–H groups in total. The average Bonchev–Trinajstić information content (AvgIpc) is 3.56. The molecule has 0 aliphatic carbocycles. The molecule has 0 spiro atoms. The third-order valence-corrected chi connectivity index (χ3v) is 7.43. The van der Waals surface area contributed by atoms with Crippen LogP contribution in [-0.2, 0) is 6.42 Å². The van der Waals surface area contributed by atoms with Crippen molar-refractivity contribution in [2.24, 2.45) is 0 Å². The number of hydrogen-bond donors (Lipinski definition) is 1. The van der Waals surface area contributed by atoms with Crippen molar-refractivity contribution < 1.29 is 4.52 Å². The topological polar surface area (TPSA) is 54.2 Å². The van der Waals surface area contributed by atoms with Gasteiger partial charge in [-0.15, -0.1) is 22.7 Å². The summed E-state index contributed by atoms with van der Waals surface area (Å²) in [5.41, 5.74) is 3.10. The lowest BCUT2D eigenvalue weighted by Crippen LogP contribution is -2.46. The molecule has 1 aliphatic rings. The van der Waals surface area contributed by atoms with Crippen molar-refractivity contribution in [3.05, 3.63) is 87.4 Å². The van der Waals surface area contributed by atoms with E-state index in [9.17, 15) is 0 Å². The zero-order valence-corrected chi connectivity index (χ0v) is 19.3.